The van der Waals surface area contributed by atoms with Gasteiger partial charge in [0.25, 0.3) is 0 Å². The third kappa shape index (κ3) is 3.23. The Hall–Kier alpha value is -2.67. The Morgan fingerprint density at radius 2 is 1.96 bits per heavy atom. The molecule has 0 unspecified atom stereocenters. The number of halogens is 1. The molecule has 0 saturated carbocycles. The number of carbonyl (C=O) groups is 3. The Kier molecular flexibility index (Phi) is 4.47. The Morgan fingerprint density at radius 3 is 2.74 bits per heavy atom. The second kappa shape index (κ2) is 6.81. The average Bonchev–Trinajstić information content (AvgIpc) is 3.04. The Bertz CT molecular complexity index is 959. The van der Waals surface area contributed by atoms with Gasteiger partial charge in [-0.3, -0.25) is 14.4 Å². The van der Waals surface area contributed by atoms with Gasteiger partial charge in [-0.05, 0) is 42.8 Å². The number of anilines is 3. The van der Waals surface area contributed by atoms with Crippen molar-refractivity contribution in [2.24, 2.45) is 5.92 Å². The lowest BCUT2D eigenvalue weighted by Gasteiger charge is -2.30. The molecule has 0 radical (unpaired) electrons. The van der Waals surface area contributed by atoms with E-state index in [-0.39, 0.29) is 30.7 Å². The van der Waals surface area contributed by atoms with Crippen LogP contribution in [0.4, 0.5) is 17.1 Å². The number of hydrogen-bond acceptors (Lipinski definition) is 3. The zero-order chi connectivity index (χ0) is 19.1. The van der Waals surface area contributed by atoms with Crippen LogP contribution in [-0.4, -0.2) is 30.8 Å². The van der Waals surface area contributed by atoms with E-state index < -0.39 is 5.92 Å². The maximum atomic E-state index is 13.1. The van der Waals surface area contributed by atoms with Crippen LogP contribution in [0.3, 0.4) is 0 Å². The zero-order valence-corrected chi connectivity index (χ0v) is 16.3. The number of rotatable bonds is 2. The van der Waals surface area contributed by atoms with Crippen LogP contribution in [0.25, 0.3) is 0 Å². The van der Waals surface area contributed by atoms with Crippen LogP contribution in [0, 0.1) is 12.8 Å². The first kappa shape index (κ1) is 17.7. The number of carbonyl (C=O) groups excluding carboxylic acids is 3. The Labute approximate surface area is 165 Å². The molecule has 138 valence electrons. The fourth-order valence-electron chi connectivity index (χ4n) is 3.57. The van der Waals surface area contributed by atoms with Crippen LogP contribution >= 0.6 is 15.9 Å². The molecule has 4 rings (SSSR count). The summed E-state index contributed by atoms with van der Waals surface area (Å²) in [5, 5.41) is 2.78. The van der Waals surface area contributed by atoms with Gasteiger partial charge in [-0.25, -0.2) is 0 Å². The van der Waals surface area contributed by atoms with Crippen molar-refractivity contribution in [3.63, 3.8) is 0 Å². The van der Waals surface area contributed by atoms with Crippen LogP contribution in [0.15, 0.2) is 46.9 Å². The monoisotopic (exact) mass is 427 g/mol. The minimum atomic E-state index is -0.472. The number of nitrogens with one attached hydrogen (secondary N) is 1. The third-order valence-electron chi connectivity index (χ3n) is 4.96. The molecular weight excluding hydrogens is 410 g/mol. The number of fused-ring (bicyclic) bond motifs is 1. The Morgan fingerprint density at radius 1 is 1.19 bits per heavy atom. The summed E-state index contributed by atoms with van der Waals surface area (Å²) in [5.41, 5.74) is 3.10. The molecule has 2 aromatic carbocycles. The Balaban J connectivity index is 1.58. The lowest BCUT2D eigenvalue weighted by atomic mass is 10.1. The number of hydrogen-bond donors (Lipinski definition) is 1. The van der Waals surface area contributed by atoms with Crippen molar-refractivity contribution in [3.8, 4) is 0 Å². The number of aryl methyl sites for hydroxylation is 1. The quantitative estimate of drug-likeness (QED) is 0.800. The highest BCUT2D eigenvalue weighted by atomic mass is 79.9. The molecule has 27 heavy (non-hydrogen) atoms. The summed E-state index contributed by atoms with van der Waals surface area (Å²) in [7, 11) is 0. The number of benzene rings is 2. The standard InChI is InChI=1S/C20H18BrN3O3/c1-12-8-14(6-7-15(12)21)23-10-13(9-19(23)26)20(27)24-11-18(25)22-16-4-2-3-5-17(16)24/h2-8,13H,9-11H2,1H3,(H,22,25)/t13-/m1/s1. The molecule has 6 nitrogen and oxygen atoms in total. The van der Waals surface area contributed by atoms with E-state index in [0.717, 1.165) is 15.7 Å². The van der Waals surface area contributed by atoms with Crippen LogP contribution in [-0.2, 0) is 14.4 Å². The van der Waals surface area contributed by atoms with Crippen LogP contribution < -0.4 is 15.1 Å². The van der Waals surface area contributed by atoms with Crippen molar-refractivity contribution in [2.45, 2.75) is 13.3 Å². The highest BCUT2D eigenvalue weighted by Crippen LogP contribution is 2.33. The molecule has 0 aromatic heterocycles. The molecule has 2 aliphatic rings. The van der Waals surface area contributed by atoms with Crippen molar-refractivity contribution in [2.75, 3.05) is 28.2 Å². The van der Waals surface area contributed by atoms with E-state index in [1.807, 2.05) is 37.3 Å². The lowest BCUT2D eigenvalue weighted by Crippen LogP contribution is -2.45. The van der Waals surface area contributed by atoms with E-state index in [4.69, 9.17) is 0 Å². The molecule has 2 heterocycles. The van der Waals surface area contributed by atoms with Crippen LogP contribution in [0.2, 0.25) is 0 Å². The summed E-state index contributed by atoms with van der Waals surface area (Å²) in [4.78, 5) is 40.8. The van der Waals surface area contributed by atoms with Gasteiger partial charge in [0, 0.05) is 23.1 Å². The summed E-state index contributed by atoms with van der Waals surface area (Å²) in [5.74, 6) is -0.973. The predicted octanol–water partition coefficient (Wildman–Crippen LogP) is 3.10. The molecule has 2 aromatic rings. The molecule has 2 aliphatic heterocycles. The molecule has 0 bridgehead atoms. The van der Waals surface area contributed by atoms with Crippen molar-refractivity contribution in [1.82, 2.24) is 0 Å². The maximum Gasteiger partial charge on any atom is 0.244 e. The smallest absolute Gasteiger partial charge is 0.244 e. The van der Waals surface area contributed by atoms with Gasteiger partial charge in [-0.1, -0.05) is 28.1 Å². The molecule has 3 amide bonds. The maximum absolute atomic E-state index is 13.1. The first-order valence-electron chi connectivity index (χ1n) is 8.71. The third-order valence-corrected chi connectivity index (χ3v) is 5.85. The summed E-state index contributed by atoms with van der Waals surface area (Å²) in [6.45, 7) is 2.25. The van der Waals surface area contributed by atoms with E-state index >= 15 is 0 Å². The van der Waals surface area contributed by atoms with Gasteiger partial charge in [0.15, 0.2) is 0 Å². The van der Waals surface area contributed by atoms with Gasteiger partial charge in [0.1, 0.15) is 6.54 Å². The highest BCUT2D eigenvalue weighted by Gasteiger charge is 2.39. The normalized spacial score (nSPS) is 19.1. The lowest BCUT2D eigenvalue weighted by molar-refractivity contribution is -0.125. The average molecular weight is 428 g/mol. The minimum Gasteiger partial charge on any atom is -0.323 e. The zero-order valence-electron chi connectivity index (χ0n) is 14.7. The van der Waals surface area contributed by atoms with Gasteiger partial charge in [-0.2, -0.15) is 0 Å². The van der Waals surface area contributed by atoms with Crippen molar-refractivity contribution >= 4 is 50.7 Å². The molecular formula is C20H18BrN3O3. The number of para-hydroxylation sites is 2. The molecule has 1 fully saturated rings. The summed E-state index contributed by atoms with van der Waals surface area (Å²) in [6, 6.07) is 12.9. The van der Waals surface area contributed by atoms with Crippen molar-refractivity contribution in [3.05, 3.63) is 52.5 Å². The topological polar surface area (TPSA) is 69.7 Å². The van der Waals surface area contributed by atoms with Gasteiger partial charge >= 0.3 is 0 Å². The summed E-state index contributed by atoms with van der Waals surface area (Å²) < 4.78 is 0.974. The number of amides is 3. The summed E-state index contributed by atoms with van der Waals surface area (Å²) in [6.07, 6.45) is 0.147. The van der Waals surface area contributed by atoms with E-state index in [2.05, 4.69) is 21.2 Å². The minimum absolute atomic E-state index is 0.0298. The van der Waals surface area contributed by atoms with E-state index in [9.17, 15) is 14.4 Å². The predicted molar refractivity (Wildman–Crippen MR) is 107 cm³/mol. The van der Waals surface area contributed by atoms with Crippen LogP contribution in [0.5, 0.6) is 0 Å². The van der Waals surface area contributed by atoms with Gasteiger partial charge in [0.05, 0.1) is 17.3 Å². The first-order chi connectivity index (χ1) is 12.9. The first-order valence-corrected chi connectivity index (χ1v) is 9.50. The van der Waals surface area contributed by atoms with Crippen molar-refractivity contribution in [1.29, 1.82) is 0 Å². The molecule has 0 aliphatic carbocycles. The van der Waals surface area contributed by atoms with Gasteiger partial charge < -0.3 is 15.1 Å². The summed E-state index contributed by atoms with van der Waals surface area (Å²) >= 11 is 3.46. The fraction of sp³-hybridized carbons (Fsp3) is 0.250. The molecule has 0 spiro atoms. The van der Waals surface area contributed by atoms with E-state index in [1.54, 1.807) is 17.0 Å². The van der Waals surface area contributed by atoms with Gasteiger partial charge in [0.2, 0.25) is 17.7 Å². The highest BCUT2D eigenvalue weighted by molar-refractivity contribution is 9.10. The number of nitrogens with zero attached hydrogens (tertiary/aromatic N) is 2. The molecule has 1 N–H and O–H groups in total. The molecule has 7 heteroatoms. The second-order valence-electron chi connectivity index (χ2n) is 6.83. The van der Waals surface area contributed by atoms with Crippen LogP contribution in [0.1, 0.15) is 12.0 Å². The van der Waals surface area contributed by atoms with E-state index in [1.165, 1.54) is 4.90 Å². The SMILES string of the molecule is Cc1cc(N2C[C@H](C(=O)N3CC(=O)Nc4ccccc43)CC2=O)ccc1Br. The van der Waals surface area contributed by atoms with Gasteiger partial charge in [-0.15, -0.1) is 0 Å². The second-order valence-corrected chi connectivity index (χ2v) is 7.68. The van der Waals surface area contributed by atoms with E-state index in [0.29, 0.717) is 17.9 Å². The largest absolute Gasteiger partial charge is 0.323 e. The van der Waals surface area contributed by atoms with Crippen molar-refractivity contribution < 1.29 is 14.4 Å². The molecule has 1 saturated heterocycles. The fourth-order valence-corrected chi connectivity index (χ4v) is 3.82. The molecule has 1 atom stereocenters.